The van der Waals surface area contributed by atoms with Gasteiger partial charge in [-0.15, -0.1) is 0 Å². The summed E-state index contributed by atoms with van der Waals surface area (Å²) in [6, 6.07) is 11.7. The SMILES string of the molecule is CC(F)C(=O)N1CCN(c2nc(OC[C@@H]3CCCN3C)nc3c(F)c(-c4cccc5c4CCCC5)ccc23)C[C@@H]1CC#N. The summed E-state index contributed by atoms with van der Waals surface area (Å²) in [5.41, 5.74) is 4.05. The Morgan fingerprint density at radius 2 is 1.93 bits per heavy atom. The zero-order valence-corrected chi connectivity index (χ0v) is 24.9. The minimum absolute atomic E-state index is 0.0486. The van der Waals surface area contributed by atoms with Crippen molar-refractivity contribution in [2.45, 2.75) is 70.1 Å². The molecule has 1 aromatic heterocycles. The van der Waals surface area contributed by atoms with Gasteiger partial charge in [0.25, 0.3) is 5.91 Å². The third-order valence-corrected chi connectivity index (χ3v) is 9.26. The monoisotopic (exact) mass is 588 g/mol. The number of piperazine rings is 1. The standard InChI is InChI=1S/C33H38F2N6O2/c1-21(34)32(42)41-18-17-40(19-23(41)14-15-36)31-28-13-12-27(26-11-5-8-22-7-3-4-10-25(22)26)29(35)30(28)37-33(38-31)43-20-24-9-6-16-39(24)2/h5,8,11-13,21,23-24H,3-4,6-7,9-10,14,16-20H2,1-2H3/t21?,23-,24-/m0/s1. The molecule has 3 aliphatic rings. The molecule has 43 heavy (non-hydrogen) atoms. The molecule has 2 saturated heterocycles. The van der Waals surface area contributed by atoms with Crippen LogP contribution in [0, 0.1) is 17.1 Å². The summed E-state index contributed by atoms with van der Waals surface area (Å²) in [7, 11) is 2.06. The van der Waals surface area contributed by atoms with Crippen LogP contribution in [-0.2, 0) is 17.6 Å². The molecule has 0 spiro atoms. The Hall–Kier alpha value is -3.84. The van der Waals surface area contributed by atoms with Crippen LogP contribution in [0.3, 0.4) is 0 Å². The van der Waals surface area contributed by atoms with Crippen molar-refractivity contribution in [3.8, 4) is 23.2 Å². The van der Waals surface area contributed by atoms with Crippen molar-refractivity contribution in [2.24, 2.45) is 0 Å². The molecule has 1 amide bonds. The summed E-state index contributed by atoms with van der Waals surface area (Å²) in [4.78, 5) is 27.6. The predicted molar refractivity (Wildman–Crippen MR) is 161 cm³/mol. The highest BCUT2D eigenvalue weighted by molar-refractivity contribution is 5.94. The molecule has 2 fully saturated rings. The van der Waals surface area contributed by atoms with Gasteiger partial charge in [0.05, 0.1) is 18.5 Å². The molecule has 2 aromatic carbocycles. The first kappa shape index (κ1) is 29.2. The fourth-order valence-electron chi connectivity index (χ4n) is 6.88. The number of halogens is 2. The number of carbonyl (C=O) groups excluding carboxylic acids is 1. The quantitative estimate of drug-likeness (QED) is 0.381. The number of nitriles is 1. The van der Waals surface area contributed by atoms with Gasteiger partial charge in [0, 0.05) is 36.6 Å². The number of likely N-dealkylation sites (N-methyl/N-ethyl adjacent to an activating group) is 1. The number of fused-ring (bicyclic) bond motifs is 2. The van der Waals surface area contributed by atoms with E-state index in [1.807, 2.05) is 23.1 Å². The van der Waals surface area contributed by atoms with E-state index >= 15 is 4.39 Å². The topological polar surface area (TPSA) is 85.6 Å². The first-order valence-electron chi connectivity index (χ1n) is 15.4. The van der Waals surface area contributed by atoms with Crippen molar-refractivity contribution in [3.63, 3.8) is 0 Å². The van der Waals surface area contributed by atoms with E-state index < -0.39 is 23.9 Å². The fourth-order valence-corrected chi connectivity index (χ4v) is 6.88. The van der Waals surface area contributed by atoms with Gasteiger partial charge in [-0.1, -0.05) is 24.3 Å². The average Bonchev–Trinajstić information content (AvgIpc) is 3.44. The highest BCUT2D eigenvalue weighted by atomic mass is 19.1. The van der Waals surface area contributed by atoms with Crippen LogP contribution < -0.4 is 9.64 Å². The second kappa shape index (κ2) is 12.4. The van der Waals surface area contributed by atoms with Crippen molar-refractivity contribution in [2.75, 3.05) is 44.7 Å². The minimum atomic E-state index is -1.66. The average molecular weight is 589 g/mol. The van der Waals surface area contributed by atoms with Gasteiger partial charge in [-0.2, -0.15) is 15.2 Å². The first-order chi connectivity index (χ1) is 20.9. The third kappa shape index (κ3) is 5.75. The third-order valence-electron chi connectivity index (χ3n) is 9.26. The van der Waals surface area contributed by atoms with Gasteiger partial charge in [0.15, 0.2) is 12.0 Å². The fraction of sp³-hybridized carbons (Fsp3) is 0.515. The van der Waals surface area contributed by atoms with Crippen LogP contribution in [-0.4, -0.2) is 83.8 Å². The molecular weight excluding hydrogens is 550 g/mol. The van der Waals surface area contributed by atoms with Crippen molar-refractivity contribution in [1.29, 1.82) is 5.26 Å². The Bertz CT molecular complexity index is 1560. The minimum Gasteiger partial charge on any atom is -0.462 e. The Kier molecular flexibility index (Phi) is 8.44. The maximum atomic E-state index is 16.6. The van der Waals surface area contributed by atoms with Gasteiger partial charge >= 0.3 is 6.01 Å². The molecule has 0 saturated carbocycles. The number of aromatic nitrogens is 2. The Balaban J connectivity index is 1.41. The lowest BCUT2D eigenvalue weighted by atomic mass is 9.85. The van der Waals surface area contributed by atoms with Gasteiger partial charge < -0.3 is 19.4 Å². The van der Waals surface area contributed by atoms with Crippen LogP contribution in [0.15, 0.2) is 30.3 Å². The molecule has 2 aliphatic heterocycles. The molecule has 3 aromatic rings. The van der Waals surface area contributed by atoms with Gasteiger partial charge in [0.1, 0.15) is 17.9 Å². The van der Waals surface area contributed by atoms with Crippen molar-refractivity contribution in [3.05, 3.63) is 47.3 Å². The number of anilines is 1. The lowest BCUT2D eigenvalue weighted by molar-refractivity contribution is -0.138. The summed E-state index contributed by atoms with van der Waals surface area (Å²) in [5, 5.41) is 10.0. The Morgan fingerprint density at radius 1 is 1.09 bits per heavy atom. The van der Waals surface area contributed by atoms with Crippen LogP contribution in [0.25, 0.3) is 22.0 Å². The number of rotatable bonds is 7. The molecule has 6 rings (SSSR count). The molecule has 0 N–H and O–H groups in total. The van der Waals surface area contributed by atoms with E-state index in [1.54, 1.807) is 6.07 Å². The normalized spacial score (nSPS) is 21.5. The number of carbonyl (C=O) groups is 1. The highest BCUT2D eigenvalue weighted by Crippen LogP contribution is 2.38. The van der Waals surface area contributed by atoms with Crippen LogP contribution in [0.4, 0.5) is 14.6 Å². The predicted octanol–water partition coefficient (Wildman–Crippen LogP) is 5.08. The van der Waals surface area contributed by atoms with E-state index in [-0.39, 0.29) is 37.1 Å². The second-order valence-corrected chi connectivity index (χ2v) is 12.0. The number of benzene rings is 2. The molecule has 0 radical (unpaired) electrons. The zero-order chi connectivity index (χ0) is 30.1. The zero-order valence-electron chi connectivity index (χ0n) is 24.9. The number of ether oxygens (including phenoxy) is 1. The number of likely N-dealkylation sites (tertiary alicyclic amines) is 1. The van der Waals surface area contributed by atoms with Crippen LogP contribution in [0.1, 0.15) is 50.2 Å². The lowest BCUT2D eigenvalue weighted by Crippen LogP contribution is -2.56. The van der Waals surface area contributed by atoms with Crippen LogP contribution in [0.2, 0.25) is 0 Å². The lowest BCUT2D eigenvalue weighted by Gasteiger charge is -2.41. The number of hydrogen-bond donors (Lipinski definition) is 0. The summed E-state index contributed by atoms with van der Waals surface area (Å²) in [6.45, 7) is 3.45. The molecular formula is C33H38F2N6O2. The van der Waals surface area contributed by atoms with Crippen molar-refractivity contribution < 1.29 is 18.3 Å². The number of nitrogens with zero attached hydrogens (tertiary/aromatic N) is 6. The largest absolute Gasteiger partial charge is 0.462 e. The summed E-state index contributed by atoms with van der Waals surface area (Å²) < 4.78 is 36.7. The maximum Gasteiger partial charge on any atom is 0.319 e. The number of amides is 1. The highest BCUT2D eigenvalue weighted by Gasteiger charge is 2.34. The van der Waals surface area contributed by atoms with E-state index in [4.69, 9.17) is 9.72 Å². The van der Waals surface area contributed by atoms with Crippen LogP contribution >= 0.6 is 0 Å². The Labute approximate surface area is 251 Å². The second-order valence-electron chi connectivity index (χ2n) is 12.0. The van der Waals surface area contributed by atoms with Gasteiger partial charge in [-0.05, 0) is 81.8 Å². The number of hydrogen-bond acceptors (Lipinski definition) is 7. The summed E-state index contributed by atoms with van der Waals surface area (Å²) in [6.07, 6.45) is 4.63. The van der Waals surface area contributed by atoms with Gasteiger partial charge in [-0.25, -0.2) is 8.78 Å². The summed E-state index contributed by atoms with van der Waals surface area (Å²) >= 11 is 0. The number of alkyl halides is 1. The molecule has 0 bridgehead atoms. The molecule has 226 valence electrons. The van der Waals surface area contributed by atoms with E-state index in [0.717, 1.165) is 50.6 Å². The van der Waals surface area contributed by atoms with Crippen molar-refractivity contribution in [1.82, 2.24) is 19.8 Å². The summed E-state index contributed by atoms with van der Waals surface area (Å²) in [5.74, 6) is -0.556. The van der Waals surface area contributed by atoms with E-state index in [9.17, 15) is 14.4 Å². The van der Waals surface area contributed by atoms with E-state index in [2.05, 4.69) is 29.1 Å². The van der Waals surface area contributed by atoms with Gasteiger partial charge in [0.2, 0.25) is 0 Å². The van der Waals surface area contributed by atoms with Crippen LogP contribution in [0.5, 0.6) is 6.01 Å². The molecule has 3 atom stereocenters. The first-order valence-corrected chi connectivity index (χ1v) is 15.4. The molecule has 1 aliphatic carbocycles. The molecule has 3 heterocycles. The van der Waals surface area contributed by atoms with Gasteiger partial charge in [-0.3, -0.25) is 4.79 Å². The van der Waals surface area contributed by atoms with E-state index in [0.29, 0.717) is 29.9 Å². The maximum absolute atomic E-state index is 16.6. The number of aryl methyl sites for hydroxylation is 1. The smallest absolute Gasteiger partial charge is 0.319 e. The van der Waals surface area contributed by atoms with E-state index in [1.165, 1.54) is 23.0 Å². The van der Waals surface area contributed by atoms with Crippen molar-refractivity contribution >= 4 is 22.6 Å². The Morgan fingerprint density at radius 3 is 2.70 bits per heavy atom. The molecule has 10 heteroatoms. The molecule has 1 unspecified atom stereocenters. The molecule has 8 nitrogen and oxygen atoms in total.